The van der Waals surface area contributed by atoms with Gasteiger partial charge in [-0.3, -0.25) is 9.59 Å². The number of fused-ring (bicyclic) bond motifs is 2. The first kappa shape index (κ1) is 21.3. The van der Waals surface area contributed by atoms with Crippen molar-refractivity contribution in [3.8, 4) is 0 Å². The van der Waals surface area contributed by atoms with E-state index in [1.807, 2.05) is 24.3 Å². The van der Waals surface area contributed by atoms with Crippen LogP contribution < -0.4 is 15.5 Å². The van der Waals surface area contributed by atoms with Gasteiger partial charge in [0.2, 0.25) is 11.8 Å². The number of hydrogen-bond donors (Lipinski definition) is 2. The standard InChI is InChI=1S/C28H29N3O2/c32-27(14-13-24-17-23-6-1-3-7-25(23)30-28(24)33)29-18-20-9-11-21(12-10-20)19-31-16-15-22-5-2-4-8-26(22)31/h1-12,24H,13-19H2,(H,29,32)(H,30,33)/t24-/m0/s1. The minimum atomic E-state index is -0.152. The number of hydrogen-bond acceptors (Lipinski definition) is 3. The highest BCUT2D eigenvalue weighted by molar-refractivity contribution is 5.96. The number of carbonyl (C=O) groups excluding carboxylic acids is 2. The zero-order chi connectivity index (χ0) is 22.6. The smallest absolute Gasteiger partial charge is 0.227 e. The molecule has 0 saturated heterocycles. The lowest BCUT2D eigenvalue weighted by atomic mass is 9.89. The normalized spacial score (nSPS) is 16.7. The second kappa shape index (κ2) is 9.49. The minimum absolute atomic E-state index is 0.0118. The Morgan fingerprint density at radius 3 is 2.52 bits per heavy atom. The van der Waals surface area contributed by atoms with Gasteiger partial charge in [-0.2, -0.15) is 0 Å². The summed E-state index contributed by atoms with van der Waals surface area (Å²) in [6.45, 7) is 2.46. The van der Waals surface area contributed by atoms with Crippen molar-refractivity contribution in [1.29, 1.82) is 0 Å². The van der Waals surface area contributed by atoms with Gasteiger partial charge in [0, 0.05) is 43.3 Å². The second-order valence-corrected chi connectivity index (χ2v) is 8.98. The van der Waals surface area contributed by atoms with Gasteiger partial charge in [-0.05, 0) is 53.6 Å². The molecule has 0 bridgehead atoms. The number of benzene rings is 3. The Morgan fingerprint density at radius 1 is 0.939 bits per heavy atom. The molecule has 2 amide bonds. The molecule has 2 aliphatic rings. The fraction of sp³-hybridized carbons (Fsp3) is 0.286. The van der Waals surface area contributed by atoms with Crippen molar-refractivity contribution in [3.63, 3.8) is 0 Å². The second-order valence-electron chi connectivity index (χ2n) is 8.98. The largest absolute Gasteiger partial charge is 0.367 e. The van der Waals surface area contributed by atoms with Gasteiger partial charge in [0.1, 0.15) is 0 Å². The van der Waals surface area contributed by atoms with Crippen LogP contribution in [-0.2, 0) is 35.5 Å². The highest BCUT2D eigenvalue weighted by Crippen LogP contribution is 2.29. The van der Waals surface area contributed by atoms with E-state index in [9.17, 15) is 9.59 Å². The number of anilines is 2. The lowest BCUT2D eigenvalue weighted by molar-refractivity contribution is -0.122. The Morgan fingerprint density at radius 2 is 1.67 bits per heavy atom. The van der Waals surface area contributed by atoms with Crippen molar-refractivity contribution < 1.29 is 9.59 Å². The average molecular weight is 440 g/mol. The fourth-order valence-corrected chi connectivity index (χ4v) is 4.79. The molecule has 5 nitrogen and oxygen atoms in total. The predicted molar refractivity (Wildman–Crippen MR) is 131 cm³/mol. The van der Waals surface area contributed by atoms with Gasteiger partial charge in [0.15, 0.2) is 0 Å². The summed E-state index contributed by atoms with van der Waals surface area (Å²) >= 11 is 0. The van der Waals surface area contributed by atoms with Crippen LogP contribution in [0.2, 0.25) is 0 Å². The minimum Gasteiger partial charge on any atom is -0.367 e. The molecule has 0 aliphatic carbocycles. The van der Waals surface area contributed by atoms with Gasteiger partial charge in [0.25, 0.3) is 0 Å². The molecule has 2 N–H and O–H groups in total. The molecule has 2 aliphatic heterocycles. The topological polar surface area (TPSA) is 61.4 Å². The van der Waals surface area contributed by atoms with Crippen molar-refractivity contribution in [2.24, 2.45) is 5.92 Å². The Bertz CT molecular complexity index is 1160. The molecule has 1 atom stereocenters. The molecule has 0 saturated carbocycles. The summed E-state index contributed by atoms with van der Waals surface area (Å²) in [5.74, 6) is -0.155. The van der Waals surface area contributed by atoms with Crippen molar-refractivity contribution in [2.45, 2.75) is 38.8 Å². The van der Waals surface area contributed by atoms with Crippen LogP contribution in [0.15, 0.2) is 72.8 Å². The molecule has 3 aromatic rings. The maximum Gasteiger partial charge on any atom is 0.227 e. The molecule has 0 radical (unpaired) electrons. The summed E-state index contributed by atoms with van der Waals surface area (Å²) in [6.07, 6.45) is 2.71. The van der Waals surface area contributed by atoms with Crippen LogP contribution in [0.3, 0.4) is 0 Å². The van der Waals surface area contributed by atoms with Crippen LogP contribution in [0.4, 0.5) is 11.4 Å². The van der Waals surface area contributed by atoms with E-state index >= 15 is 0 Å². The summed E-state index contributed by atoms with van der Waals surface area (Å²) in [4.78, 5) is 27.1. The Hall–Kier alpha value is -3.60. The lowest BCUT2D eigenvalue weighted by Crippen LogP contribution is -2.31. The summed E-state index contributed by atoms with van der Waals surface area (Å²) in [5.41, 5.74) is 7.14. The SMILES string of the molecule is O=C(CC[C@H]1Cc2ccccc2NC1=O)NCc1ccc(CN2CCc3ccccc32)cc1. The number of rotatable bonds is 7. The Kier molecular flexibility index (Phi) is 6.11. The molecular weight excluding hydrogens is 410 g/mol. The van der Waals surface area contributed by atoms with Crippen LogP contribution in [0, 0.1) is 5.92 Å². The van der Waals surface area contributed by atoms with Crippen LogP contribution in [0.25, 0.3) is 0 Å². The van der Waals surface area contributed by atoms with Crippen LogP contribution >= 0.6 is 0 Å². The predicted octanol–water partition coefficient (Wildman–Crippen LogP) is 4.46. The van der Waals surface area contributed by atoms with Crippen molar-refractivity contribution in [1.82, 2.24) is 5.32 Å². The van der Waals surface area contributed by atoms with Gasteiger partial charge in [-0.1, -0.05) is 60.7 Å². The van der Waals surface area contributed by atoms with Gasteiger partial charge < -0.3 is 15.5 Å². The molecule has 33 heavy (non-hydrogen) atoms. The number of nitrogens with zero attached hydrogens (tertiary/aromatic N) is 1. The van der Waals surface area contributed by atoms with E-state index in [1.54, 1.807) is 0 Å². The molecule has 5 rings (SSSR count). The third kappa shape index (κ3) is 4.92. The first-order chi connectivity index (χ1) is 16.2. The molecule has 0 aromatic heterocycles. The van der Waals surface area contributed by atoms with Gasteiger partial charge >= 0.3 is 0 Å². The van der Waals surface area contributed by atoms with Gasteiger partial charge in [-0.25, -0.2) is 0 Å². The molecular formula is C28H29N3O2. The number of amides is 2. The Balaban J connectivity index is 1.08. The van der Waals surface area contributed by atoms with Crippen molar-refractivity contribution in [3.05, 3.63) is 95.1 Å². The van der Waals surface area contributed by atoms with E-state index in [0.717, 1.165) is 36.3 Å². The van der Waals surface area contributed by atoms with E-state index < -0.39 is 0 Å². The monoisotopic (exact) mass is 439 g/mol. The molecule has 0 spiro atoms. The van der Waals surface area contributed by atoms with E-state index in [0.29, 0.717) is 25.8 Å². The zero-order valence-corrected chi connectivity index (χ0v) is 18.7. The van der Waals surface area contributed by atoms with E-state index in [1.165, 1.54) is 16.8 Å². The highest BCUT2D eigenvalue weighted by atomic mass is 16.2. The number of carbonyl (C=O) groups is 2. The first-order valence-corrected chi connectivity index (χ1v) is 11.7. The maximum atomic E-state index is 12.4. The maximum absolute atomic E-state index is 12.4. The van der Waals surface area contributed by atoms with Gasteiger partial charge in [0.05, 0.1) is 0 Å². The summed E-state index contributed by atoms with van der Waals surface area (Å²) in [6, 6.07) is 24.9. The molecule has 2 heterocycles. The fourth-order valence-electron chi connectivity index (χ4n) is 4.79. The highest BCUT2D eigenvalue weighted by Gasteiger charge is 2.26. The Labute approximate surface area is 194 Å². The molecule has 0 unspecified atom stereocenters. The van der Waals surface area contributed by atoms with E-state index in [-0.39, 0.29) is 17.7 Å². The van der Waals surface area contributed by atoms with E-state index in [2.05, 4.69) is 64.1 Å². The number of nitrogens with one attached hydrogen (secondary N) is 2. The van der Waals surface area contributed by atoms with Crippen molar-refractivity contribution in [2.75, 3.05) is 16.8 Å². The molecule has 5 heteroatoms. The van der Waals surface area contributed by atoms with Crippen LogP contribution in [0.5, 0.6) is 0 Å². The molecule has 3 aromatic carbocycles. The summed E-state index contributed by atoms with van der Waals surface area (Å²) in [7, 11) is 0. The van der Waals surface area contributed by atoms with Crippen LogP contribution in [-0.4, -0.2) is 18.4 Å². The van der Waals surface area contributed by atoms with E-state index in [4.69, 9.17) is 0 Å². The number of para-hydroxylation sites is 2. The first-order valence-electron chi connectivity index (χ1n) is 11.7. The average Bonchev–Trinajstić information content (AvgIpc) is 3.25. The van der Waals surface area contributed by atoms with Gasteiger partial charge in [-0.15, -0.1) is 0 Å². The summed E-state index contributed by atoms with van der Waals surface area (Å²) < 4.78 is 0. The molecule has 0 fully saturated rings. The lowest BCUT2D eigenvalue weighted by Gasteiger charge is -2.24. The quantitative estimate of drug-likeness (QED) is 0.572. The third-order valence-corrected chi connectivity index (χ3v) is 6.70. The summed E-state index contributed by atoms with van der Waals surface area (Å²) in [5, 5.41) is 5.95. The van der Waals surface area contributed by atoms with Crippen LogP contribution in [0.1, 0.15) is 35.1 Å². The van der Waals surface area contributed by atoms with Crippen molar-refractivity contribution >= 4 is 23.2 Å². The molecule has 168 valence electrons. The zero-order valence-electron chi connectivity index (χ0n) is 18.7. The third-order valence-electron chi connectivity index (χ3n) is 6.70.